The third-order valence-corrected chi connectivity index (χ3v) is 13.8. The molecule has 5 nitrogen and oxygen atoms in total. The van der Waals surface area contributed by atoms with Gasteiger partial charge in [0.25, 0.3) is 0 Å². The zero-order valence-electron chi connectivity index (χ0n) is 31.8. The number of nitrogens with zero attached hydrogens (tertiary/aromatic N) is 5. The second kappa shape index (κ2) is 13.0. The molecule has 0 fully saturated rings. The van der Waals surface area contributed by atoms with Crippen molar-refractivity contribution in [3.8, 4) is 61.5 Å². The smallest absolute Gasteiger partial charge is 0.164 e. The number of hydrogen-bond acceptors (Lipinski definition) is 6. The van der Waals surface area contributed by atoms with E-state index in [9.17, 15) is 0 Å². The average Bonchev–Trinajstić information content (AvgIpc) is 3.63. The van der Waals surface area contributed by atoms with E-state index in [1.54, 1.807) is 11.3 Å². The van der Waals surface area contributed by atoms with E-state index in [0.717, 1.165) is 43.2 Å². The SMILES string of the molecule is C1=c2cc(-c3ccc4c(c3)c3ccccc3n4-c3cccc(-c4nc5cc(-c6nc(-c7ccccc7)nc(-c7ccccc7)n6)ccc5s4)c3)c3sc4ccccc4c3c2=1. The van der Waals surface area contributed by atoms with Gasteiger partial charge in [0.2, 0.25) is 0 Å². The zero-order valence-corrected chi connectivity index (χ0v) is 33.4. The van der Waals surface area contributed by atoms with Crippen LogP contribution in [0, 0.1) is 0 Å². The van der Waals surface area contributed by atoms with Crippen molar-refractivity contribution in [2.24, 2.45) is 0 Å². The van der Waals surface area contributed by atoms with Crippen molar-refractivity contribution in [1.29, 1.82) is 0 Å². The Hall–Kier alpha value is -7.54. The molecule has 7 heteroatoms. The second-order valence-corrected chi connectivity index (χ2v) is 17.2. The molecule has 60 heavy (non-hydrogen) atoms. The summed E-state index contributed by atoms with van der Waals surface area (Å²) < 4.78 is 6.15. The van der Waals surface area contributed by atoms with Gasteiger partial charge in [0.15, 0.2) is 17.5 Å². The molecule has 8 aromatic carbocycles. The first-order valence-corrected chi connectivity index (χ1v) is 21.5. The molecule has 4 aromatic heterocycles. The Morgan fingerprint density at radius 2 is 1.10 bits per heavy atom. The molecule has 0 aliphatic heterocycles. The molecule has 0 saturated carbocycles. The van der Waals surface area contributed by atoms with Crippen LogP contribution in [-0.4, -0.2) is 24.5 Å². The van der Waals surface area contributed by atoms with Crippen molar-refractivity contribution in [2.75, 3.05) is 0 Å². The van der Waals surface area contributed by atoms with E-state index in [1.807, 2.05) is 72.0 Å². The van der Waals surface area contributed by atoms with Crippen molar-refractivity contribution in [2.45, 2.75) is 0 Å². The largest absolute Gasteiger partial charge is 0.309 e. The summed E-state index contributed by atoms with van der Waals surface area (Å²) in [6.07, 6.45) is 0. The number of benzene rings is 8. The highest BCUT2D eigenvalue weighted by Crippen LogP contribution is 2.41. The highest BCUT2D eigenvalue weighted by Gasteiger charge is 2.20. The van der Waals surface area contributed by atoms with E-state index in [1.165, 1.54) is 63.5 Å². The molecule has 278 valence electrons. The fraction of sp³-hybridized carbons (Fsp3) is 0. The van der Waals surface area contributed by atoms with E-state index in [-0.39, 0.29) is 0 Å². The van der Waals surface area contributed by atoms with Gasteiger partial charge < -0.3 is 4.57 Å². The number of thiophene rings is 1. The monoisotopic (exact) mass is 799 g/mol. The lowest BCUT2D eigenvalue weighted by Crippen LogP contribution is -2.08. The van der Waals surface area contributed by atoms with Crippen molar-refractivity contribution >= 4 is 80.6 Å². The molecule has 0 N–H and O–H groups in total. The number of thiazole rings is 1. The first kappa shape index (κ1) is 33.4. The van der Waals surface area contributed by atoms with Gasteiger partial charge in [0.1, 0.15) is 5.01 Å². The predicted octanol–water partition coefficient (Wildman–Crippen LogP) is 12.3. The number of fused-ring (bicyclic) bond motifs is 9. The molecular formula is C53H29N5S2. The van der Waals surface area contributed by atoms with Gasteiger partial charge in [-0.05, 0) is 66.2 Å². The highest BCUT2D eigenvalue weighted by molar-refractivity contribution is 7.26. The molecule has 4 heterocycles. The van der Waals surface area contributed by atoms with Crippen LogP contribution in [0.2, 0.25) is 0 Å². The Kier molecular flexibility index (Phi) is 7.23. The number of aromatic nitrogens is 5. The zero-order chi connectivity index (χ0) is 39.3. The van der Waals surface area contributed by atoms with Gasteiger partial charge in [-0.3, -0.25) is 0 Å². The Morgan fingerprint density at radius 1 is 0.433 bits per heavy atom. The molecule has 0 radical (unpaired) electrons. The van der Waals surface area contributed by atoms with Crippen LogP contribution in [0.4, 0.5) is 0 Å². The summed E-state index contributed by atoms with van der Waals surface area (Å²) in [7, 11) is 0. The van der Waals surface area contributed by atoms with Crippen LogP contribution in [0.1, 0.15) is 0 Å². The Labute approximate surface area is 351 Å². The number of rotatable bonds is 6. The summed E-state index contributed by atoms with van der Waals surface area (Å²) in [6.45, 7) is 0. The molecule has 0 spiro atoms. The maximum Gasteiger partial charge on any atom is 0.164 e. The van der Waals surface area contributed by atoms with Gasteiger partial charge >= 0.3 is 0 Å². The molecule has 0 bridgehead atoms. The van der Waals surface area contributed by atoms with Gasteiger partial charge in [-0.25, -0.2) is 19.9 Å². The maximum absolute atomic E-state index is 5.21. The first-order chi connectivity index (χ1) is 29.7. The molecule has 1 aliphatic rings. The molecule has 0 saturated heterocycles. The predicted molar refractivity (Wildman–Crippen MR) is 249 cm³/mol. The van der Waals surface area contributed by atoms with Crippen LogP contribution in [0.5, 0.6) is 0 Å². The van der Waals surface area contributed by atoms with Crippen molar-refractivity contribution in [3.05, 3.63) is 186 Å². The van der Waals surface area contributed by atoms with E-state index in [0.29, 0.717) is 17.5 Å². The summed E-state index contributed by atoms with van der Waals surface area (Å²) in [4.78, 5) is 20.0. The number of hydrogen-bond donors (Lipinski definition) is 0. The fourth-order valence-corrected chi connectivity index (χ4v) is 10.8. The summed E-state index contributed by atoms with van der Waals surface area (Å²) in [5, 5.41) is 8.59. The van der Waals surface area contributed by atoms with Crippen molar-refractivity contribution in [1.82, 2.24) is 24.5 Å². The standard InChI is InChI=1S/C53H29N5S2/c1-3-12-31(13-4-1)50-55-51(32-14-5-2-6-15-32)57-52(56-50)34-23-25-47-43(30-34)54-53(60-47)35-16-11-17-37(26-35)58-44-20-9-7-18-38(44)42-27-33(22-24-45(42)58)41-29-36-28-40(36)48-39-19-8-10-21-46(39)59-49(41)48/h1-27,29-30H. The van der Waals surface area contributed by atoms with Crippen LogP contribution < -0.4 is 10.4 Å². The molecule has 0 amide bonds. The van der Waals surface area contributed by atoms with Gasteiger partial charge in [0, 0.05) is 74.9 Å². The molecule has 0 unspecified atom stereocenters. The topological polar surface area (TPSA) is 56.5 Å². The quantitative estimate of drug-likeness (QED) is 0.168. The van der Waals surface area contributed by atoms with E-state index < -0.39 is 0 Å². The van der Waals surface area contributed by atoms with Crippen LogP contribution in [0.25, 0.3) is 119 Å². The minimum Gasteiger partial charge on any atom is -0.309 e. The van der Waals surface area contributed by atoms with Crippen LogP contribution in [0.3, 0.4) is 0 Å². The maximum atomic E-state index is 5.21. The van der Waals surface area contributed by atoms with Crippen molar-refractivity contribution in [3.63, 3.8) is 0 Å². The molecule has 0 atom stereocenters. The third kappa shape index (κ3) is 5.31. The van der Waals surface area contributed by atoms with E-state index in [2.05, 4.69) is 126 Å². The van der Waals surface area contributed by atoms with Crippen LogP contribution in [-0.2, 0) is 0 Å². The highest BCUT2D eigenvalue weighted by atomic mass is 32.1. The van der Waals surface area contributed by atoms with E-state index in [4.69, 9.17) is 19.9 Å². The molecule has 12 aromatic rings. The van der Waals surface area contributed by atoms with Gasteiger partial charge in [-0.2, -0.15) is 0 Å². The molecular weight excluding hydrogens is 771 g/mol. The lowest BCUT2D eigenvalue weighted by atomic mass is 10.0. The lowest BCUT2D eigenvalue weighted by Gasteiger charge is -2.10. The van der Waals surface area contributed by atoms with Crippen LogP contribution in [0.15, 0.2) is 176 Å². The van der Waals surface area contributed by atoms with Gasteiger partial charge in [-0.1, -0.05) is 115 Å². The van der Waals surface area contributed by atoms with Gasteiger partial charge in [-0.15, -0.1) is 28.4 Å². The molecule has 13 rings (SSSR count). The second-order valence-electron chi connectivity index (χ2n) is 15.1. The summed E-state index contributed by atoms with van der Waals surface area (Å²) in [5.74, 6) is 1.89. The summed E-state index contributed by atoms with van der Waals surface area (Å²) >= 11 is 3.58. The summed E-state index contributed by atoms with van der Waals surface area (Å²) in [6, 6.07) is 62.0. The van der Waals surface area contributed by atoms with Gasteiger partial charge in [0.05, 0.1) is 21.3 Å². The Balaban J connectivity index is 0.899. The normalized spacial score (nSPS) is 12.0. The Bertz CT molecular complexity index is 3820. The minimum absolute atomic E-state index is 0.616. The fourth-order valence-electron chi connectivity index (χ4n) is 8.64. The Morgan fingerprint density at radius 3 is 1.90 bits per heavy atom. The minimum atomic E-state index is 0.616. The van der Waals surface area contributed by atoms with Crippen molar-refractivity contribution < 1.29 is 0 Å². The number of para-hydroxylation sites is 1. The molecule has 1 aliphatic carbocycles. The lowest BCUT2D eigenvalue weighted by molar-refractivity contribution is 1.07. The first-order valence-electron chi connectivity index (χ1n) is 19.9. The summed E-state index contributed by atoms with van der Waals surface area (Å²) in [5.41, 5.74) is 14.3. The average molecular weight is 800 g/mol. The third-order valence-electron chi connectivity index (χ3n) is 11.5. The van der Waals surface area contributed by atoms with Crippen LogP contribution >= 0.6 is 22.7 Å². The van der Waals surface area contributed by atoms with E-state index >= 15 is 0 Å².